The maximum absolute atomic E-state index is 6.11. The smallest absolute Gasteiger partial charge is 0.132 e. The number of ether oxygens (including phenoxy) is 1. The molecule has 24 heavy (non-hydrogen) atoms. The number of aromatic amines is 1. The molecular formula is C19H20ClIN2O. The first-order valence-electron chi connectivity index (χ1n) is 7.87. The number of benzene rings is 2. The lowest BCUT2D eigenvalue weighted by atomic mass is 10.1. The van der Waals surface area contributed by atoms with Crippen molar-refractivity contribution in [2.24, 2.45) is 0 Å². The Labute approximate surface area is 160 Å². The van der Waals surface area contributed by atoms with E-state index in [-0.39, 0.29) is 0 Å². The molecule has 0 aliphatic carbocycles. The number of H-pyrrole nitrogens is 1. The molecule has 2 aromatic carbocycles. The molecule has 0 aliphatic heterocycles. The Morgan fingerprint density at radius 3 is 2.79 bits per heavy atom. The lowest BCUT2D eigenvalue weighted by molar-refractivity contribution is 0.412. The summed E-state index contributed by atoms with van der Waals surface area (Å²) in [6.07, 6.45) is 3.05. The molecule has 0 amide bonds. The minimum atomic E-state index is 0.796. The van der Waals surface area contributed by atoms with E-state index in [9.17, 15) is 0 Å². The second-order valence-corrected chi connectivity index (χ2v) is 7.51. The average Bonchev–Trinajstić information content (AvgIpc) is 2.91. The Bertz CT molecular complexity index is 840. The summed E-state index contributed by atoms with van der Waals surface area (Å²) >= 11 is 8.40. The molecule has 3 aromatic rings. The van der Waals surface area contributed by atoms with Crippen molar-refractivity contribution >= 4 is 45.1 Å². The number of halogens is 2. The summed E-state index contributed by atoms with van der Waals surface area (Å²) < 4.78 is 6.55. The Morgan fingerprint density at radius 2 is 2.04 bits per heavy atom. The molecule has 126 valence electrons. The summed E-state index contributed by atoms with van der Waals surface area (Å²) in [5.41, 5.74) is 4.86. The van der Waals surface area contributed by atoms with Gasteiger partial charge in [0.2, 0.25) is 0 Å². The number of fused-ring (bicyclic) bond motifs is 1. The van der Waals surface area contributed by atoms with Crippen LogP contribution in [0.3, 0.4) is 0 Å². The van der Waals surface area contributed by atoms with Crippen LogP contribution >= 0.6 is 34.2 Å². The van der Waals surface area contributed by atoms with Crippen molar-refractivity contribution in [3.63, 3.8) is 0 Å². The van der Waals surface area contributed by atoms with Gasteiger partial charge in [-0.05, 0) is 83.4 Å². The number of aryl methyl sites for hydroxylation is 1. The molecule has 0 fully saturated rings. The van der Waals surface area contributed by atoms with Crippen molar-refractivity contribution in [2.75, 3.05) is 13.7 Å². The molecule has 0 bridgehead atoms. The van der Waals surface area contributed by atoms with Crippen LogP contribution < -0.4 is 10.1 Å². The van der Waals surface area contributed by atoms with Gasteiger partial charge in [-0.15, -0.1) is 0 Å². The largest absolute Gasteiger partial charge is 0.496 e. The average molecular weight is 455 g/mol. The second-order valence-electron chi connectivity index (χ2n) is 5.91. The maximum Gasteiger partial charge on any atom is 0.132 e. The van der Waals surface area contributed by atoms with Crippen molar-refractivity contribution in [3.8, 4) is 5.75 Å². The van der Waals surface area contributed by atoms with Gasteiger partial charge in [-0.2, -0.15) is 0 Å². The SMILES string of the molecule is COc1cc2c(CCNCc3cc(C)cc(Cl)c3)c[nH]c2cc1I. The summed E-state index contributed by atoms with van der Waals surface area (Å²) in [6, 6.07) is 10.4. The van der Waals surface area contributed by atoms with Crippen molar-refractivity contribution in [3.05, 3.63) is 61.8 Å². The van der Waals surface area contributed by atoms with Gasteiger partial charge in [0, 0.05) is 28.7 Å². The molecule has 1 aromatic heterocycles. The minimum absolute atomic E-state index is 0.796. The van der Waals surface area contributed by atoms with Gasteiger partial charge < -0.3 is 15.0 Å². The van der Waals surface area contributed by atoms with Crippen LogP contribution in [0.25, 0.3) is 10.9 Å². The highest BCUT2D eigenvalue weighted by molar-refractivity contribution is 14.1. The van der Waals surface area contributed by atoms with E-state index in [4.69, 9.17) is 16.3 Å². The summed E-state index contributed by atoms with van der Waals surface area (Å²) in [4.78, 5) is 3.35. The number of methoxy groups -OCH3 is 1. The van der Waals surface area contributed by atoms with Gasteiger partial charge in [-0.3, -0.25) is 0 Å². The van der Waals surface area contributed by atoms with Crippen LogP contribution in [-0.2, 0) is 13.0 Å². The van der Waals surface area contributed by atoms with E-state index in [1.807, 2.05) is 12.1 Å². The molecule has 3 rings (SSSR count). The molecule has 5 heteroatoms. The minimum Gasteiger partial charge on any atom is -0.496 e. The molecule has 2 N–H and O–H groups in total. The quantitative estimate of drug-likeness (QED) is 0.403. The van der Waals surface area contributed by atoms with Gasteiger partial charge in [0.15, 0.2) is 0 Å². The van der Waals surface area contributed by atoms with E-state index in [2.05, 4.69) is 64.2 Å². The number of nitrogens with one attached hydrogen (secondary N) is 2. The van der Waals surface area contributed by atoms with Gasteiger partial charge in [-0.1, -0.05) is 17.7 Å². The van der Waals surface area contributed by atoms with E-state index >= 15 is 0 Å². The van der Waals surface area contributed by atoms with Crippen molar-refractivity contribution < 1.29 is 4.74 Å². The fraction of sp³-hybridized carbons (Fsp3) is 0.263. The van der Waals surface area contributed by atoms with Crippen LogP contribution in [0.1, 0.15) is 16.7 Å². The summed E-state index contributed by atoms with van der Waals surface area (Å²) in [5.74, 6) is 0.923. The lowest BCUT2D eigenvalue weighted by Gasteiger charge is -2.07. The zero-order valence-electron chi connectivity index (χ0n) is 13.7. The normalized spacial score (nSPS) is 11.2. The standard InChI is InChI=1S/C19H20ClIN2O/c1-12-5-13(7-15(20)6-12)10-22-4-3-14-11-23-18-9-17(21)19(24-2)8-16(14)18/h5-9,11,22-23H,3-4,10H2,1-2H3. The molecule has 0 spiro atoms. The molecule has 0 saturated carbocycles. The predicted molar refractivity (Wildman–Crippen MR) is 109 cm³/mol. The molecule has 0 radical (unpaired) electrons. The Hall–Kier alpha value is -1.24. The Morgan fingerprint density at radius 1 is 1.21 bits per heavy atom. The molecule has 0 unspecified atom stereocenters. The third kappa shape index (κ3) is 4.05. The van der Waals surface area contributed by atoms with Crippen molar-refractivity contribution in [1.82, 2.24) is 10.3 Å². The van der Waals surface area contributed by atoms with Crippen LogP contribution in [0, 0.1) is 10.5 Å². The van der Waals surface area contributed by atoms with Crippen LogP contribution in [0.15, 0.2) is 36.5 Å². The summed E-state index contributed by atoms with van der Waals surface area (Å²) in [7, 11) is 1.71. The Kier molecular flexibility index (Phi) is 5.69. The Balaban J connectivity index is 1.63. The van der Waals surface area contributed by atoms with Gasteiger partial charge >= 0.3 is 0 Å². The van der Waals surface area contributed by atoms with Gasteiger partial charge in [0.25, 0.3) is 0 Å². The highest BCUT2D eigenvalue weighted by atomic mass is 127. The van der Waals surface area contributed by atoms with Crippen LogP contribution in [0.2, 0.25) is 5.02 Å². The van der Waals surface area contributed by atoms with Gasteiger partial charge in [-0.25, -0.2) is 0 Å². The monoisotopic (exact) mass is 454 g/mol. The number of aromatic nitrogens is 1. The molecule has 1 heterocycles. The highest BCUT2D eigenvalue weighted by Crippen LogP contribution is 2.29. The number of hydrogen-bond acceptors (Lipinski definition) is 2. The summed E-state index contributed by atoms with van der Waals surface area (Å²) in [6.45, 7) is 3.80. The van der Waals surface area contributed by atoms with Crippen molar-refractivity contribution in [2.45, 2.75) is 19.9 Å². The van der Waals surface area contributed by atoms with E-state index in [1.165, 1.54) is 22.1 Å². The van der Waals surface area contributed by atoms with E-state index in [0.29, 0.717) is 0 Å². The predicted octanol–water partition coefficient (Wildman–Crippen LogP) is 5.08. The first kappa shape index (κ1) is 17.6. The molecule has 0 atom stereocenters. The third-order valence-electron chi connectivity index (χ3n) is 4.04. The third-order valence-corrected chi connectivity index (χ3v) is 5.10. The molecule has 3 nitrogen and oxygen atoms in total. The lowest BCUT2D eigenvalue weighted by Crippen LogP contribution is -2.16. The molecule has 0 aliphatic rings. The van der Waals surface area contributed by atoms with Crippen molar-refractivity contribution in [1.29, 1.82) is 0 Å². The van der Waals surface area contributed by atoms with Crippen LogP contribution in [0.5, 0.6) is 5.75 Å². The van der Waals surface area contributed by atoms with E-state index in [1.54, 1.807) is 7.11 Å². The first-order valence-corrected chi connectivity index (χ1v) is 9.33. The number of rotatable bonds is 6. The highest BCUT2D eigenvalue weighted by Gasteiger charge is 2.08. The maximum atomic E-state index is 6.11. The summed E-state index contributed by atoms with van der Waals surface area (Å²) in [5, 5.41) is 5.52. The van der Waals surface area contributed by atoms with Crippen LogP contribution in [0.4, 0.5) is 0 Å². The molecule has 0 saturated heterocycles. The number of hydrogen-bond donors (Lipinski definition) is 2. The zero-order chi connectivity index (χ0) is 17.1. The van der Waals surface area contributed by atoms with Gasteiger partial charge in [0.1, 0.15) is 5.75 Å². The van der Waals surface area contributed by atoms with E-state index < -0.39 is 0 Å². The van der Waals surface area contributed by atoms with Crippen LogP contribution in [-0.4, -0.2) is 18.6 Å². The molecular weight excluding hydrogens is 435 g/mol. The second kappa shape index (κ2) is 7.76. The van der Waals surface area contributed by atoms with Gasteiger partial charge in [0.05, 0.1) is 10.7 Å². The fourth-order valence-corrected chi connectivity index (χ4v) is 3.91. The zero-order valence-corrected chi connectivity index (χ0v) is 16.7. The topological polar surface area (TPSA) is 37.0 Å². The fourth-order valence-electron chi connectivity index (χ4n) is 2.91. The van der Waals surface area contributed by atoms with E-state index in [0.717, 1.165) is 39.4 Å². The first-order chi connectivity index (χ1) is 11.6.